The highest BCUT2D eigenvalue weighted by molar-refractivity contribution is 5.72. The third-order valence-electron chi connectivity index (χ3n) is 6.43. The fraction of sp³-hybridized carbons (Fsp3) is 0.958. The summed E-state index contributed by atoms with van der Waals surface area (Å²) in [7, 11) is 0. The molecular formula is C24H48NO2+. The summed E-state index contributed by atoms with van der Waals surface area (Å²) in [5.74, 6) is 0.711. The Labute approximate surface area is 169 Å². The molecule has 1 aliphatic heterocycles. The molecule has 3 heteroatoms. The molecule has 1 heterocycles. The van der Waals surface area contributed by atoms with E-state index in [0.29, 0.717) is 5.92 Å². The number of esters is 1. The third-order valence-corrected chi connectivity index (χ3v) is 6.43. The molecule has 0 aromatic carbocycles. The van der Waals surface area contributed by atoms with E-state index >= 15 is 0 Å². The van der Waals surface area contributed by atoms with Gasteiger partial charge in [0.15, 0.2) is 0 Å². The van der Waals surface area contributed by atoms with Gasteiger partial charge in [0.2, 0.25) is 0 Å². The lowest BCUT2D eigenvalue weighted by molar-refractivity contribution is -0.665. The van der Waals surface area contributed by atoms with Crippen LogP contribution in [0.2, 0.25) is 0 Å². The van der Waals surface area contributed by atoms with Gasteiger partial charge in [-0.25, -0.2) is 0 Å². The number of rotatable bonds is 15. The molecule has 0 spiro atoms. The normalized spacial score (nSPS) is 17.0. The molecule has 0 aliphatic carbocycles. The van der Waals surface area contributed by atoms with Crippen LogP contribution in [0.1, 0.15) is 118 Å². The summed E-state index contributed by atoms with van der Waals surface area (Å²) in [6.07, 6.45) is 17.0. The van der Waals surface area contributed by atoms with Crippen LogP contribution in [0.25, 0.3) is 0 Å². The summed E-state index contributed by atoms with van der Waals surface area (Å²) in [5.41, 5.74) is -0.311. The average molecular weight is 383 g/mol. The van der Waals surface area contributed by atoms with Gasteiger partial charge in [-0.2, -0.15) is 0 Å². The molecule has 1 atom stereocenters. The Morgan fingerprint density at radius 2 is 1.37 bits per heavy atom. The van der Waals surface area contributed by atoms with Crippen molar-refractivity contribution in [1.29, 1.82) is 0 Å². The molecule has 1 rings (SSSR count). The van der Waals surface area contributed by atoms with Crippen molar-refractivity contribution in [2.24, 2.45) is 11.8 Å². The number of ether oxygens (including phenoxy) is 1. The van der Waals surface area contributed by atoms with Gasteiger partial charge in [-0.3, -0.25) is 4.79 Å². The molecular weight excluding hydrogens is 334 g/mol. The Balaban J connectivity index is 2.48. The molecule has 0 bridgehead atoms. The van der Waals surface area contributed by atoms with E-state index in [-0.39, 0.29) is 17.5 Å². The zero-order valence-corrected chi connectivity index (χ0v) is 18.9. The standard InChI is InChI=1S/C24H47NO2/c1-5-7-9-11-12-14-16-21(15-13-10-8-6-2)23(26)27-24(3,4)22-17-19-25-20-18-22/h21-22,25H,5-20H2,1-4H3/p+1. The highest BCUT2D eigenvalue weighted by Crippen LogP contribution is 2.30. The Bertz CT molecular complexity index is 375. The summed E-state index contributed by atoms with van der Waals surface area (Å²) in [5, 5.41) is 2.38. The van der Waals surface area contributed by atoms with Gasteiger partial charge in [0.1, 0.15) is 5.60 Å². The fourth-order valence-electron chi connectivity index (χ4n) is 4.42. The maximum Gasteiger partial charge on any atom is 0.309 e. The predicted octanol–water partition coefficient (Wildman–Crippen LogP) is 5.62. The van der Waals surface area contributed by atoms with Gasteiger partial charge in [-0.1, -0.05) is 78.1 Å². The maximum absolute atomic E-state index is 13.0. The first kappa shape index (κ1) is 24.5. The highest BCUT2D eigenvalue weighted by Gasteiger charge is 2.36. The van der Waals surface area contributed by atoms with Crippen LogP contribution < -0.4 is 5.32 Å². The van der Waals surface area contributed by atoms with E-state index in [1.165, 1.54) is 90.1 Å². The maximum atomic E-state index is 13.0. The summed E-state index contributed by atoms with van der Waals surface area (Å²) in [6.45, 7) is 11.1. The number of hydrogen-bond donors (Lipinski definition) is 1. The second-order valence-electron chi connectivity index (χ2n) is 9.27. The van der Waals surface area contributed by atoms with Crippen LogP contribution in [0.4, 0.5) is 0 Å². The van der Waals surface area contributed by atoms with Gasteiger partial charge < -0.3 is 10.1 Å². The van der Waals surface area contributed by atoms with Crippen molar-refractivity contribution in [3.8, 4) is 0 Å². The van der Waals surface area contributed by atoms with Crippen molar-refractivity contribution < 1.29 is 14.8 Å². The van der Waals surface area contributed by atoms with Crippen molar-refractivity contribution >= 4 is 5.97 Å². The van der Waals surface area contributed by atoms with Crippen molar-refractivity contribution in [3.63, 3.8) is 0 Å². The highest BCUT2D eigenvalue weighted by atomic mass is 16.6. The van der Waals surface area contributed by atoms with Crippen molar-refractivity contribution in [2.75, 3.05) is 13.1 Å². The van der Waals surface area contributed by atoms with Gasteiger partial charge in [-0.15, -0.1) is 0 Å². The summed E-state index contributed by atoms with van der Waals surface area (Å²) in [4.78, 5) is 13.0. The van der Waals surface area contributed by atoms with Crippen LogP contribution in [0.15, 0.2) is 0 Å². The second-order valence-corrected chi connectivity index (χ2v) is 9.27. The molecule has 1 saturated heterocycles. The second kappa shape index (κ2) is 14.4. The van der Waals surface area contributed by atoms with Gasteiger partial charge in [0.25, 0.3) is 0 Å². The molecule has 3 nitrogen and oxygen atoms in total. The van der Waals surface area contributed by atoms with Gasteiger partial charge in [0, 0.05) is 18.8 Å². The molecule has 27 heavy (non-hydrogen) atoms. The lowest BCUT2D eigenvalue weighted by Gasteiger charge is -2.36. The monoisotopic (exact) mass is 382 g/mol. The van der Waals surface area contributed by atoms with E-state index < -0.39 is 0 Å². The average Bonchev–Trinajstić information content (AvgIpc) is 2.66. The SMILES string of the molecule is CCCCCCCCC(CCCCCC)C(=O)OC(C)(C)C1CC[NH2+]CC1. The van der Waals surface area contributed by atoms with E-state index in [1.54, 1.807) is 0 Å². The van der Waals surface area contributed by atoms with E-state index in [9.17, 15) is 4.79 Å². The van der Waals surface area contributed by atoms with Gasteiger partial charge in [0.05, 0.1) is 19.0 Å². The molecule has 1 unspecified atom stereocenters. The lowest BCUT2D eigenvalue weighted by Crippen LogP contribution is -2.86. The first-order valence-electron chi connectivity index (χ1n) is 12.1. The molecule has 0 saturated carbocycles. The Hall–Kier alpha value is -0.570. The van der Waals surface area contributed by atoms with Crippen molar-refractivity contribution in [1.82, 2.24) is 0 Å². The molecule has 0 radical (unpaired) electrons. The van der Waals surface area contributed by atoms with Crippen LogP contribution in [-0.2, 0) is 9.53 Å². The van der Waals surface area contributed by atoms with Gasteiger partial charge in [-0.05, 0) is 26.7 Å². The quantitative estimate of drug-likeness (QED) is 0.295. The van der Waals surface area contributed by atoms with Crippen LogP contribution in [0.5, 0.6) is 0 Å². The Morgan fingerprint density at radius 1 is 0.889 bits per heavy atom. The lowest BCUT2D eigenvalue weighted by atomic mass is 9.83. The zero-order chi connectivity index (χ0) is 20.0. The molecule has 2 N–H and O–H groups in total. The third kappa shape index (κ3) is 10.5. The molecule has 0 aromatic rings. The number of nitrogens with two attached hydrogens (primary N) is 1. The molecule has 0 amide bonds. The number of carbonyl (C=O) groups is 1. The number of quaternary nitrogens is 1. The fourth-order valence-corrected chi connectivity index (χ4v) is 4.42. The minimum atomic E-state index is -0.311. The zero-order valence-electron chi connectivity index (χ0n) is 18.9. The topological polar surface area (TPSA) is 42.9 Å². The van der Waals surface area contributed by atoms with Crippen molar-refractivity contribution in [3.05, 3.63) is 0 Å². The van der Waals surface area contributed by atoms with E-state index in [1.807, 2.05) is 0 Å². The number of hydrogen-bond acceptors (Lipinski definition) is 2. The van der Waals surface area contributed by atoms with Crippen molar-refractivity contribution in [2.45, 2.75) is 123 Å². The Kier molecular flexibility index (Phi) is 13.1. The molecule has 160 valence electrons. The van der Waals surface area contributed by atoms with Crippen LogP contribution in [0.3, 0.4) is 0 Å². The summed E-state index contributed by atoms with van der Waals surface area (Å²) >= 11 is 0. The smallest absolute Gasteiger partial charge is 0.309 e. The van der Waals surface area contributed by atoms with Gasteiger partial charge >= 0.3 is 5.97 Å². The molecule has 0 aromatic heterocycles. The minimum Gasteiger partial charge on any atom is -0.459 e. The van der Waals surface area contributed by atoms with E-state index in [4.69, 9.17) is 4.74 Å². The Morgan fingerprint density at radius 3 is 1.93 bits per heavy atom. The number of carbonyl (C=O) groups excluding carboxylic acids is 1. The van der Waals surface area contributed by atoms with Crippen LogP contribution in [-0.4, -0.2) is 24.7 Å². The minimum absolute atomic E-state index is 0.0830. The molecule has 1 fully saturated rings. The largest absolute Gasteiger partial charge is 0.459 e. The van der Waals surface area contributed by atoms with E-state index in [2.05, 4.69) is 33.0 Å². The first-order chi connectivity index (χ1) is 13.0. The predicted molar refractivity (Wildman–Crippen MR) is 115 cm³/mol. The summed E-state index contributed by atoms with van der Waals surface area (Å²) in [6, 6.07) is 0. The molecule has 1 aliphatic rings. The number of piperidine rings is 1. The first-order valence-corrected chi connectivity index (χ1v) is 12.1. The van der Waals surface area contributed by atoms with Crippen LogP contribution >= 0.6 is 0 Å². The number of unbranched alkanes of at least 4 members (excludes halogenated alkanes) is 8. The summed E-state index contributed by atoms with van der Waals surface area (Å²) < 4.78 is 6.14. The van der Waals surface area contributed by atoms with E-state index in [0.717, 1.165) is 12.8 Å². The van der Waals surface area contributed by atoms with Crippen LogP contribution in [0, 0.1) is 11.8 Å².